The minimum Gasteiger partial charge on any atom is -0.434 e. The fourth-order valence-corrected chi connectivity index (χ4v) is 5.29. The third-order valence-electron chi connectivity index (χ3n) is 5.32. The summed E-state index contributed by atoms with van der Waals surface area (Å²) in [7, 11) is -3.77. The lowest BCUT2D eigenvalue weighted by molar-refractivity contribution is 0.0321. The van der Waals surface area contributed by atoms with Gasteiger partial charge in [0.05, 0.1) is 11.5 Å². The molecular formula is C21H29N3O6S. The Balaban J connectivity index is 1.73. The molecule has 0 aliphatic carbocycles. The number of fused-ring (bicyclic) bond motifs is 1. The summed E-state index contributed by atoms with van der Waals surface area (Å²) < 4.78 is 38.6. The highest BCUT2D eigenvalue weighted by molar-refractivity contribution is 7.89. The predicted octanol–water partition coefficient (Wildman–Crippen LogP) is 2.41. The zero-order valence-corrected chi connectivity index (χ0v) is 18.5. The molecule has 0 amide bonds. The molecule has 31 heavy (non-hydrogen) atoms. The van der Waals surface area contributed by atoms with Crippen LogP contribution in [0.25, 0.3) is 10.8 Å². The van der Waals surface area contributed by atoms with Crippen molar-refractivity contribution in [1.82, 2.24) is 8.87 Å². The molecule has 2 heterocycles. The number of pyridine rings is 1. The standard InChI is InChI=1S/C21H29N3O6S/c1-2-3-4-5-13-29-21(26)30-15-23-11-10-17-18(20(23)25)7-6-8-19(17)31(27,28)24-12-9-16(22)14-24/h6-8,10-11,16H,2-5,9,12-15,22H2,1H3/t16-/m1/s1. The molecule has 9 nitrogen and oxygen atoms in total. The number of unbranched alkanes of at least 4 members (excludes halogenated alkanes) is 3. The molecule has 1 atom stereocenters. The molecule has 1 aromatic carbocycles. The molecule has 1 fully saturated rings. The number of carbonyl (C=O) groups excluding carboxylic acids is 1. The second-order valence-electron chi connectivity index (χ2n) is 7.65. The van der Waals surface area contributed by atoms with E-state index >= 15 is 0 Å². The van der Waals surface area contributed by atoms with Crippen molar-refractivity contribution >= 4 is 27.0 Å². The average molecular weight is 452 g/mol. The first-order valence-corrected chi connectivity index (χ1v) is 12.0. The van der Waals surface area contributed by atoms with E-state index in [1.165, 1.54) is 27.2 Å². The van der Waals surface area contributed by atoms with Crippen molar-refractivity contribution in [2.45, 2.75) is 56.7 Å². The van der Waals surface area contributed by atoms with E-state index in [0.29, 0.717) is 18.4 Å². The van der Waals surface area contributed by atoms with E-state index in [1.807, 2.05) is 0 Å². The lowest BCUT2D eigenvalue weighted by Crippen LogP contribution is -2.32. The van der Waals surface area contributed by atoms with Gasteiger partial charge in [0.1, 0.15) is 0 Å². The summed E-state index contributed by atoms with van der Waals surface area (Å²) in [4.78, 5) is 24.6. The van der Waals surface area contributed by atoms with Crippen LogP contribution in [0.5, 0.6) is 0 Å². The molecule has 0 saturated carbocycles. The summed E-state index contributed by atoms with van der Waals surface area (Å²) in [6.07, 6.45) is 5.07. The molecular weight excluding hydrogens is 422 g/mol. The van der Waals surface area contributed by atoms with Gasteiger partial charge >= 0.3 is 6.16 Å². The quantitative estimate of drug-likeness (QED) is 0.459. The number of nitrogens with two attached hydrogens (primary N) is 1. The second-order valence-corrected chi connectivity index (χ2v) is 9.56. The highest BCUT2D eigenvalue weighted by Crippen LogP contribution is 2.26. The molecule has 1 aliphatic heterocycles. The number of rotatable bonds is 9. The first-order chi connectivity index (χ1) is 14.8. The number of sulfonamides is 1. The van der Waals surface area contributed by atoms with Crippen molar-refractivity contribution in [3.63, 3.8) is 0 Å². The molecule has 170 valence electrons. The molecule has 1 saturated heterocycles. The molecule has 0 radical (unpaired) electrons. The third kappa shape index (κ3) is 5.44. The monoisotopic (exact) mass is 451 g/mol. The summed E-state index contributed by atoms with van der Waals surface area (Å²) >= 11 is 0. The predicted molar refractivity (Wildman–Crippen MR) is 116 cm³/mol. The number of nitrogens with zero attached hydrogens (tertiary/aromatic N) is 2. The van der Waals surface area contributed by atoms with Crippen molar-refractivity contribution < 1.29 is 22.7 Å². The molecule has 0 spiro atoms. The van der Waals surface area contributed by atoms with Crippen molar-refractivity contribution in [2.24, 2.45) is 5.73 Å². The van der Waals surface area contributed by atoms with Gasteiger partial charge < -0.3 is 15.2 Å². The van der Waals surface area contributed by atoms with Gasteiger partial charge in [-0.05, 0) is 31.0 Å². The van der Waals surface area contributed by atoms with Crippen molar-refractivity contribution in [3.8, 4) is 0 Å². The highest BCUT2D eigenvalue weighted by atomic mass is 32.2. The van der Waals surface area contributed by atoms with E-state index in [1.54, 1.807) is 12.1 Å². The summed E-state index contributed by atoms with van der Waals surface area (Å²) in [6.45, 7) is 2.65. The van der Waals surface area contributed by atoms with Gasteiger partial charge in [0.2, 0.25) is 10.0 Å². The largest absolute Gasteiger partial charge is 0.510 e. The number of hydrogen-bond donors (Lipinski definition) is 1. The Hall–Kier alpha value is -2.43. The SMILES string of the molecule is CCCCCCOC(=O)OCn1ccc2c(S(=O)(=O)N3CC[C@@H](N)C3)cccc2c1=O. The summed E-state index contributed by atoms with van der Waals surface area (Å²) in [6, 6.07) is 5.92. The normalized spacial score (nSPS) is 17.2. The maximum absolute atomic E-state index is 13.0. The van der Waals surface area contributed by atoms with Gasteiger partial charge in [0.25, 0.3) is 5.56 Å². The Morgan fingerprint density at radius 1 is 1.16 bits per heavy atom. The van der Waals surface area contributed by atoms with E-state index in [-0.39, 0.29) is 36.2 Å². The molecule has 0 unspecified atom stereocenters. The van der Waals surface area contributed by atoms with Crippen LogP contribution in [0.2, 0.25) is 0 Å². The Morgan fingerprint density at radius 2 is 1.97 bits per heavy atom. The smallest absolute Gasteiger partial charge is 0.434 e. The van der Waals surface area contributed by atoms with Crippen LogP contribution in [-0.2, 0) is 26.2 Å². The number of benzene rings is 1. The number of aromatic nitrogens is 1. The van der Waals surface area contributed by atoms with Gasteiger partial charge in [0, 0.05) is 36.1 Å². The van der Waals surface area contributed by atoms with E-state index in [9.17, 15) is 18.0 Å². The van der Waals surface area contributed by atoms with Gasteiger partial charge in [0.15, 0.2) is 6.73 Å². The average Bonchev–Trinajstić information content (AvgIpc) is 3.20. The van der Waals surface area contributed by atoms with Crippen LogP contribution < -0.4 is 11.3 Å². The van der Waals surface area contributed by atoms with Crippen LogP contribution in [-0.4, -0.2) is 49.2 Å². The van der Waals surface area contributed by atoms with Gasteiger partial charge in [-0.25, -0.2) is 13.2 Å². The molecule has 2 aromatic rings. The van der Waals surface area contributed by atoms with Crippen LogP contribution in [0.15, 0.2) is 40.2 Å². The maximum Gasteiger partial charge on any atom is 0.510 e. The number of hydrogen-bond acceptors (Lipinski definition) is 7. The van der Waals surface area contributed by atoms with Gasteiger partial charge in [-0.3, -0.25) is 9.36 Å². The summed E-state index contributed by atoms with van der Waals surface area (Å²) in [5.74, 6) is 0. The lowest BCUT2D eigenvalue weighted by atomic mass is 10.2. The van der Waals surface area contributed by atoms with Gasteiger partial charge in [-0.15, -0.1) is 0 Å². The Morgan fingerprint density at radius 3 is 2.68 bits per heavy atom. The maximum atomic E-state index is 13.0. The topological polar surface area (TPSA) is 121 Å². The third-order valence-corrected chi connectivity index (χ3v) is 7.25. The number of ether oxygens (including phenoxy) is 2. The van der Waals surface area contributed by atoms with Crippen molar-refractivity contribution in [3.05, 3.63) is 40.8 Å². The first-order valence-electron chi connectivity index (χ1n) is 10.5. The molecule has 1 aliphatic rings. The van der Waals surface area contributed by atoms with Crippen LogP contribution >= 0.6 is 0 Å². The van der Waals surface area contributed by atoms with Crippen LogP contribution in [0.4, 0.5) is 4.79 Å². The molecule has 10 heteroatoms. The Bertz CT molecular complexity index is 1080. The fourth-order valence-electron chi connectivity index (χ4n) is 3.58. The van der Waals surface area contributed by atoms with E-state index < -0.39 is 21.7 Å². The zero-order valence-electron chi connectivity index (χ0n) is 17.7. The highest BCUT2D eigenvalue weighted by Gasteiger charge is 2.32. The summed E-state index contributed by atoms with van der Waals surface area (Å²) in [5.41, 5.74) is 5.40. The zero-order chi connectivity index (χ0) is 22.4. The van der Waals surface area contributed by atoms with Crippen LogP contribution in [0.1, 0.15) is 39.0 Å². The van der Waals surface area contributed by atoms with E-state index in [4.69, 9.17) is 15.2 Å². The van der Waals surface area contributed by atoms with E-state index in [0.717, 1.165) is 25.7 Å². The van der Waals surface area contributed by atoms with Crippen LogP contribution in [0.3, 0.4) is 0 Å². The van der Waals surface area contributed by atoms with Crippen molar-refractivity contribution in [2.75, 3.05) is 19.7 Å². The Kier molecular flexibility index (Phi) is 7.69. The molecule has 0 bridgehead atoms. The van der Waals surface area contributed by atoms with Gasteiger partial charge in [-0.2, -0.15) is 4.31 Å². The van der Waals surface area contributed by atoms with Gasteiger partial charge in [-0.1, -0.05) is 32.3 Å². The molecule has 2 N–H and O–H groups in total. The minimum absolute atomic E-state index is 0.0655. The molecule has 1 aromatic heterocycles. The fraction of sp³-hybridized carbons (Fsp3) is 0.524. The van der Waals surface area contributed by atoms with Crippen molar-refractivity contribution in [1.29, 1.82) is 0 Å². The molecule has 3 rings (SSSR count). The van der Waals surface area contributed by atoms with E-state index in [2.05, 4.69) is 6.92 Å². The second kappa shape index (κ2) is 10.3. The number of carbonyl (C=O) groups is 1. The Labute approximate surface area is 181 Å². The first kappa shape index (κ1) is 23.2. The minimum atomic E-state index is -3.77. The summed E-state index contributed by atoms with van der Waals surface area (Å²) in [5, 5.41) is 0.548. The van der Waals surface area contributed by atoms with Crippen LogP contribution in [0, 0.1) is 0 Å². The lowest BCUT2D eigenvalue weighted by Gasteiger charge is -2.17.